The highest BCUT2D eigenvalue weighted by Crippen LogP contribution is 2.31. The zero-order valence-electron chi connectivity index (χ0n) is 19.2. The molecule has 0 saturated carbocycles. The van der Waals surface area contributed by atoms with Gasteiger partial charge in [-0.3, -0.25) is 9.69 Å². The van der Waals surface area contributed by atoms with Crippen molar-refractivity contribution in [1.29, 1.82) is 0 Å². The molecule has 1 N–H and O–H groups in total. The fourth-order valence-corrected chi connectivity index (χ4v) is 4.93. The van der Waals surface area contributed by atoms with Crippen molar-refractivity contribution >= 4 is 10.9 Å². The van der Waals surface area contributed by atoms with E-state index in [-0.39, 0.29) is 11.6 Å². The second-order valence-electron chi connectivity index (χ2n) is 9.15. The van der Waals surface area contributed by atoms with E-state index in [1.807, 2.05) is 35.0 Å². The van der Waals surface area contributed by atoms with Gasteiger partial charge in [0.05, 0.1) is 6.54 Å². The van der Waals surface area contributed by atoms with Gasteiger partial charge in [-0.2, -0.15) is 0 Å². The summed E-state index contributed by atoms with van der Waals surface area (Å²) in [4.78, 5) is 18.8. The number of tetrazole rings is 1. The molecule has 0 aliphatic carbocycles. The monoisotopic (exact) mass is 442 g/mol. The van der Waals surface area contributed by atoms with Gasteiger partial charge in [0.1, 0.15) is 6.04 Å². The van der Waals surface area contributed by atoms with Crippen LogP contribution in [-0.4, -0.2) is 43.2 Å². The molecule has 3 heterocycles. The number of aromatic nitrogens is 5. The van der Waals surface area contributed by atoms with Gasteiger partial charge in [0.2, 0.25) is 0 Å². The van der Waals surface area contributed by atoms with E-state index in [1.54, 1.807) is 0 Å². The maximum atomic E-state index is 13.4. The minimum absolute atomic E-state index is 0.0794. The Labute approximate surface area is 193 Å². The van der Waals surface area contributed by atoms with Crippen molar-refractivity contribution in [2.75, 3.05) is 13.1 Å². The molecule has 4 aromatic rings. The van der Waals surface area contributed by atoms with E-state index in [2.05, 4.69) is 63.5 Å². The lowest BCUT2D eigenvalue weighted by atomic mass is 9.95. The Hall–Kier alpha value is -3.32. The van der Waals surface area contributed by atoms with E-state index in [4.69, 9.17) is 0 Å². The molecular weight excluding hydrogens is 412 g/mol. The first kappa shape index (κ1) is 21.5. The third-order valence-electron chi connectivity index (χ3n) is 6.67. The van der Waals surface area contributed by atoms with Crippen molar-refractivity contribution < 1.29 is 0 Å². The number of pyridine rings is 1. The van der Waals surface area contributed by atoms with E-state index in [0.29, 0.717) is 23.9 Å². The number of aryl methyl sites for hydroxylation is 1. The van der Waals surface area contributed by atoms with Crippen LogP contribution in [0.3, 0.4) is 0 Å². The molecular formula is C26H30N6O. The fraction of sp³-hybridized carbons (Fsp3) is 0.385. The summed E-state index contributed by atoms with van der Waals surface area (Å²) in [6.45, 7) is 6.81. The molecule has 5 rings (SSSR count). The quantitative estimate of drug-likeness (QED) is 0.489. The number of nitrogens with one attached hydrogen (secondary N) is 1. The number of piperidine rings is 1. The maximum absolute atomic E-state index is 13.4. The number of nitrogens with zero attached hydrogens (tertiary/aromatic N) is 5. The zero-order valence-corrected chi connectivity index (χ0v) is 19.2. The van der Waals surface area contributed by atoms with E-state index in [9.17, 15) is 4.79 Å². The molecule has 1 fully saturated rings. The van der Waals surface area contributed by atoms with Gasteiger partial charge in [0.25, 0.3) is 5.56 Å². The molecule has 2 aromatic carbocycles. The number of aromatic amines is 1. The molecule has 2 aromatic heterocycles. The van der Waals surface area contributed by atoms with Crippen molar-refractivity contribution in [3.05, 3.63) is 87.5 Å². The van der Waals surface area contributed by atoms with Crippen LogP contribution in [0.1, 0.15) is 55.2 Å². The Balaban J connectivity index is 1.63. The lowest BCUT2D eigenvalue weighted by Crippen LogP contribution is -2.41. The highest BCUT2D eigenvalue weighted by atomic mass is 16.1. The molecule has 0 spiro atoms. The van der Waals surface area contributed by atoms with Crippen LogP contribution in [0.15, 0.2) is 59.4 Å². The van der Waals surface area contributed by atoms with Crippen LogP contribution in [0.4, 0.5) is 0 Å². The van der Waals surface area contributed by atoms with Crippen molar-refractivity contribution in [3.63, 3.8) is 0 Å². The molecule has 1 saturated heterocycles. The van der Waals surface area contributed by atoms with Crippen LogP contribution < -0.4 is 5.56 Å². The first-order chi connectivity index (χ1) is 16.1. The minimum Gasteiger partial charge on any atom is -0.322 e. The minimum atomic E-state index is -0.301. The molecule has 1 aliphatic heterocycles. The highest BCUT2D eigenvalue weighted by Gasteiger charge is 2.32. The van der Waals surface area contributed by atoms with Crippen LogP contribution in [-0.2, 0) is 13.0 Å². The zero-order chi connectivity index (χ0) is 22.8. The van der Waals surface area contributed by atoms with Gasteiger partial charge in [-0.25, -0.2) is 4.68 Å². The van der Waals surface area contributed by atoms with Gasteiger partial charge < -0.3 is 4.98 Å². The summed E-state index contributed by atoms with van der Waals surface area (Å²) in [6.07, 6.45) is 3.25. The molecule has 1 aliphatic rings. The summed E-state index contributed by atoms with van der Waals surface area (Å²) in [5, 5.41) is 13.8. The Morgan fingerprint density at radius 1 is 1.12 bits per heavy atom. The molecule has 0 unspecified atom stereocenters. The van der Waals surface area contributed by atoms with Gasteiger partial charge in [-0.05, 0) is 76.9 Å². The topological polar surface area (TPSA) is 79.7 Å². The first-order valence-corrected chi connectivity index (χ1v) is 11.8. The Morgan fingerprint density at radius 2 is 1.97 bits per heavy atom. The SMILES string of the molecule is CCc1ccc2[nH]c(=O)c([C@@H](c3nnnn3Cc3ccccc3)N3CCC[C@H](C)C3)cc2c1. The van der Waals surface area contributed by atoms with Crippen molar-refractivity contribution in [2.24, 2.45) is 5.92 Å². The molecule has 0 bridgehead atoms. The van der Waals surface area contributed by atoms with Crippen LogP contribution in [0.2, 0.25) is 0 Å². The van der Waals surface area contributed by atoms with E-state index < -0.39 is 0 Å². The molecule has 2 atom stereocenters. The lowest BCUT2D eigenvalue weighted by molar-refractivity contribution is 0.141. The van der Waals surface area contributed by atoms with Crippen molar-refractivity contribution in [2.45, 2.75) is 45.7 Å². The van der Waals surface area contributed by atoms with Gasteiger partial charge >= 0.3 is 0 Å². The Morgan fingerprint density at radius 3 is 2.76 bits per heavy atom. The van der Waals surface area contributed by atoms with Crippen LogP contribution in [0.5, 0.6) is 0 Å². The van der Waals surface area contributed by atoms with Gasteiger partial charge in [0, 0.05) is 17.6 Å². The van der Waals surface area contributed by atoms with Crippen LogP contribution in [0.25, 0.3) is 10.9 Å². The van der Waals surface area contributed by atoms with Crippen molar-refractivity contribution in [3.8, 4) is 0 Å². The standard InChI is InChI=1S/C26H30N6O/c1-3-19-11-12-23-21(14-19)15-22(26(33)27-23)24(31-13-7-8-18(2)16-31)25-28-29-30-32(25)17-20-9-5-4-6-10-20/h4-6,9-12,14-15,18,24H,3,7-8,13,16-17H2,1-2H3,(H,27,33)/t18-,24-/m0/s1. The van der Waals surface area contributed by atoms with Crippen LogP contribution in [0, 0.1) is 5.92 Å². The number of benzene rings is 2. The molecule has 0 amide bonds. The first-order valence-electron chi connectivity index (χ1n) is 11.8. The molecule has 170 valence electrons. The van der Waals surface area contributed by atoms with E-state index in [0.717, 1.165) is 42.4 Å². The summed E-state index contributed by atoms with van der Waals surface area (Å²) in [6, 6.07) is 18.1. The Bertz CT molecular complexity index is 1300. The largest absolute Gasteiger partial charge is 0.322 e. The van der Waals surface area contributed by atoms with Gasteiger partial charge in [-0.15, -0.1) is 5.10 Å². The predicted octanol–water partition coefficient (Wildman–Crippen LogP) is 3.95. The van der Waals surface area contributed by atoms with Gasteiger partial charge in [0.15, 0.2) is 5.82 Å². The second-order valence-corrected chi connectivity index (χ2v) is 9.15. The smallest absolute Gasteiger partial charge is 0.253 e. The van der Waals surface area contributed by atoms with E-state index in [1.165, 1.54) is 12.0 Å². The molecule has 7 heteroatoms. The predicted molar refractivity (Wildman–Crippen MR) is 129 cm³/mol. The number of rotatable bonds is 6. The van der Waals surface area contributed by atoms with Crippen LogP contribution >= 0.6 is 0 Å². The third-order valence-corrected chi connectivity index (χ3v) is 6.67. The normalized spacial score (nSPS) is 17.9. The summed E-state index contributed by atoms with van der Waals surface area (Å²) in [5.41, 5.74) is 3.85. The summed E-state index contributed by atoms with van der Waals surface area (Å²) in [5.74, 6) is 1.27. The van der Waals surface area contributed by atoms with Gasteiger partial charge in [-0.1, -0.05) is 50.2 Å². The average molecular weight is 443 g/mol. The summed E-state index contributed by atoms with van der Waals surface area (Å²) < 4.78 is 1.84. The second kappa shape index (κ2) is 9.27. The highest BCUT2D eigenvalue weighted by molar-refractivity contribution is 5.80. The number of H-pyrrole nitrogens is 1. The molecule has 7 nitrogen and oxygen atoms in total. The third kappa shape index (κ3) is 4.46. The Kier molecular flexibility index (Phi) is 6.05. The lowest BCUT2D eigenvalue weighted by Gasteiger charge is -2.36. The summed E-state index contributed by atoms with van der Waals surface area (Å²) >= 11 is 0. The number of likely N-dealkylation sites (tertiary alicyclic amines) is 1. The fourth-order valence-electron chi connectivity index (χ4n) is 4.93. The number of fused-ring (bicyclic) bond motifs is 1. The maximum Gasteiger partial charge on any atom is 0.253 e. The number of hydrogen-bond donors (Lipinski definition) is 1. The number of hydrogen-bond acceptors (Lipinski definition) is 5. The van der Waals surface area contributed by atoms with E-state index >= 15 is 0 Å². The molecule has 0 radical (unpaired) electrons. The summed E-state index contributed by atoms with van der Waals surface area (Å²) in [7, 11) is 0. The van der Waals surface area contributed by atoms with Crippen molar-refractivity contribution in [1.82, 2.24) is 30.1 Å². The molecule has 33 heavy (non-hydrogen) atoms. The average Bonchev–Trinajstić information content (AvgIpc) is 3.27.